The zero-order valence-electron chi connectivity index (χ0n) is 8.19. The summed E-state index contributed by atoms with van der Waals surface area (Å²) in [7, 11) is 0. The second-order valence-electron chi connectivity index (χ2n) is 2.91. The van der Waals surface area contributed by atoms with Gasteiger partial charge in [-0.05, 0) is 6.07 Å². The minimum Gasteiger partial charge on any atom is -0.293 e. The highest BCUT2D eigenvalue weighted by molar-refractivity contribution is 6.36. The minimum absolute atomic E-state index is 0.105. The Balaban J connectivity index is 3.15. The van der Waals surface area contributed by atoms with E-state index in [1.165, 1.54) is 18.2 Å². The smallest absolute Gasteiger partial charge is 0.288 e. The molecule has 2 amide bonds. The fourth-order valence-electron chi connectivity index (χ4n) is 1.06. The van der Waals surface area contributed by atoms with E-state index in [2.05, 4.69) is 0 Å². The van der Waals surface area contributed by atoms with Crippen molar-refractivity contribution >= 4 is 29.1 Å². The first-order chi connectivity index (χ1) is 7.43. The molecule has 0 aliphatic rings. The van der Waals surface area contributed by atoms with E-state index in [4.69, 9.17) is 11.6 Å². The molecular weight excluding hydrogens is 236 g/mol. The minimum atomic E-state index is -0.763. The molecule has 1 aromatic carbocycles. The van der Waals surface area contributed by atoms with Crippen LogP contribution in [-0.4, -0.2) is 16.7 Å². The van der Waals surface area contributed by atoms with Crippen LogP contribution in [0.25, 0.3) is 0 Å². The first-order valence-corrected chi connectivity index (χ1v) is 4.56. The Morgan fingerprint density at radius 2 is 2.06 bits per heavy atom. The Hall–Kier alpha value is -1.95. The number of hydrogen-bond acceptors (Lipinski definition) is 4. The van der Waals surface area contributed by atoms with Gasteiger partial charge in [-0.2, -0.15) is 0 Å². The molecule has 0 bridgehead atoms. The van der Waals surface area contributed by atoms with Gasteiger partial charge in [0.05, 0.1) is 10.5 Å². The number of carbonyl (C=O) groups excluding carboxylic acids is 2. The number of nitrogens with zero attached hydrogens (tertiary/aromatic N) is 1. The van der Waals surface area contributed by atoms with Crippen molar-refractivity contribution < 1.29 is 14.5 Å². The Morgan fingerprint density at radius 3 is 2.56 bits per heavy atom. The molecule has 0 aliphatic heterocycles. The van der Waals surface area contributed by atoms with Crippen LogP contribution in [0.5, 0.6) is 0 Å². The van der Waals surface area contributed by atoms with Gasteiger partial charge in [0.1, 0.15) is 5.02 Å². The van der Waals surface area contributed by atoms with Gasteiger partial charge in [0.2, 0.25) is 5.91 Å². The van der Waals surface area contributed by atoms with Gasteiger partial charge < -0.3 is 0 Å². The van der Waals surface area contributed by atoms with E-state index in [9.17, 15) is 19.7 Å². The molecule has 0 spiro atoms. The Labute approximate surface area is 95.4 Å². The van der Waals surface area contributed by atoms with E-state index in [1.807, 2.05) is 5.32 Å². The number of carbonyl (C=O) groups is 2. The first kappa shape index (κ1) is 12.1. The van der Waals surface area contributed by atoms with Crippen molar-refractivity contribution in [3.05, 3.63) is 38.9 Å². The third kappa shape index (κ3) is 2.54. The number of imide groups is 1. The van der Waals surface area contributed by atoms with Crippen molar-refractivity contribution in [2.75, 3.05) is 0 Å². The van der Waals surface area contributed by atoms with E-state index in [0.717, 1.165) is 6.92 Å². The molecule has 0 atom stereocenters. The lowest BCUT2D eigenvalue weighted by Crippen LogP contribution is -2.28. The summed E-state index contributed by atoms with van der Waals surface area (Å²) in [6.45, 7) is 1.16. The lowest BCUT2D eigenvalue weighted by molar-refractivity contribution is -0.384. The standard InChI is InChI=1S/C9H7ClN2O4/c1-5(13)11-9(14)6-3-2-4-7(8(6)10)12(15)16/h2-4H,1H3,(H,11,13,14). The van der Waals surface area contributed by atoms with Crippen LogP contribution in [0.3, 0.4) is 0 Å². The zero-order chi connectivity index (χ0) is 12.3. The van der Waals surface area contributed by atoms with Crippen LogP contribution in [0.4, 0.5) is 5.69 Å². The molecule has 0 heterocycles. The van der Waals surface area contributed by atoms with Crippen LogP contribution < -0.4 is 5.32 Å². The summed E-state index contributed by atoms with van der Waals surface area (Å²) in [4.78, 5) is 31.9. The lowest BCUT2D eigenvalue weighted by atomic mass is 10.2. The second kappa shape index (κ2) is 4.71. The summed E-state index contributed by atoms with van der Waals surface area (Å²) in [5.74, 6) is -1.33. The zero-order valence-corrected chi connectivity index (χ0v) is 8.95. The predicted octanol–water partition coefficient (Wildman–Crippen LogP) is 1.52. The van der Waals surface area contributed by atoms with Crippen molar-refractivity contribution in [1.82, 2.24) is 5.32 Å². The van der Waals surface area contributed by atoms with Gasteiger partial charge in [0.25, 0.3) is 11.6 Å². The third-order valence-electron chi connectivity index (χ3n) is 1.71. The summed E-state index contributed by atoms with van der Waals surface area (Å²) in [5, 5.41) is 12.2. The SMILES string of the molecule is CC(=O)NC(=O)c1cccc([N+](=O)[O-])c1Cl. The molecule has 1 N–H and O–H groups in total. The Morgan fingerprint density at radius 1 is 1.44 bits per heavy atom. The topological polar surface area (TPSA) is 89.3 Å². The molecule has 0 aromatic heterocycles. The fraction of sp³-hybridized carbons (Fsp3) is 0.111. The van der Waals surface area contributed by atoms with E-state index in [1.54, 1.807) is 0 Å². The predicted molar refractivity (Wildman–Crippen MR) is 56.3 cm³/mol. The molecule has 0 aliphatic carbocycles. The molecular formula is C9H7ClN2O4. The average Bonchev–Trinajstić information content (AvgIpc) is 2.16. The summed E-state index contributed by atoms with van der Waals surface area (Å²) in [6, 6.07) is 3.79. The van der Waals surface area contributed by atoms with Crippen molar-refractivity contribution in [3.63, 3.8) is 0 Å². The quantitative estimate of drug-likeness (QED) is 0.629. The van der Waals surface area contributed by atoms with Crippen LogP contribution in [0.1, 0.15) is 17.3 Å². The molecule has 1 rings (SSSR count). The van der Waals surface area contributed by atoms with Gasteiger partial charge in [-0.25, -0.2) is 0 Å². The van der Waals surface area contributed by atoms with Crippen LogP contribution in [0.15, 0.2) is 18.2 Å². The van der Waals surface area contributed by atoms with Gasteiger partial charge in [-0.1, -0.05) is 17.7 Å². The summed E-state index contributed by atoms with van der Waals surface area (Å²) in [6.07, 6.45) is 0. The fourth-order valence-corrected chi connectivity index (χ4v) is 1.34. The van der Waals surface area contributed by atoms with Gasteiger partial charge in [-0.3, -0.25) is 25.0 Å². The maximum Gasteiger partial charge on any atom is 0.288 e. The number of rotatable bonds is 2. The highest BCUT2D eigenvalue weighted by Crippen LogP contribution is 2.27. The summed E-state index contributed by atoms with van der Waals surface area (Å²) >= 11 is 5.67. The van der Waals surface area contributed by atoms with Gasteiger partial charge in [-0.15, -0.1) is 0 Å². The monoisotopic (exact) mass is 242 g/mol. The highest BCUT2D eigenvalue weighted by atomic mass is 35.5. The molecule has 0 unspecified atom stereocenters. The molecule has 0 radical (unpaired) electrons. The van der Waals surface area contributed by atoms with Crippen LogP contribution in [-0.2, 0) is 4.79 Å². The largest absolute Gasteiger partial charge is 0.293 e. The summed E-state index contributed by atoms with van der Waals surface area (Å²) < 4.78 is 0. The molecule has 0 saturated carbocycles. The third-order valence-corrected chi connectivity index (χ3v) is 2.11. The first-order valence-electron chi connectivity index (χ1n) is 4.18. The normalized spacial score (nSPS) is 9.62. The van der Waals surface area contributed by atoms with E-state index >= 15 is 0 Å². The molecule has 16 heavy (non-hydrogen) atoms. The number of halogens is 1. The second-order valence-corrected chi connectivity index (χ2v) is 3.28. The maximum atomic E-state index is 11.4. The number of benzene rings is 1. The molecule has 84 valence electrons. The summed E-state index contributed by atoms with van der Waals surface area (Å²) in [5.41, 5.74) is -0.482. The highest BCUT2D eigenvalue weighted by Gasteiger charge is 2.20. The van der Waals surface area contributed by atoms with Crippen molar-refractivity contribution in [1.29, 1.82) is 0 Å². The van der Waals surface area contributed by atoms with Gasteiger partial charge in [0.15, 0.2) is 0 Å². The molecule has 1 aromatic rings. The number of amides is 2. The molecule has 7 heteroatoms. The maximum absolute atomic E-state index is 11.4. The van der Waals surface area contributed by atoms with Crippen molar-refractivity contribution in [2.45, 2.75) is 6.92 Å². The number of nitrogens with one attached hydrogen (secondary N) is 1. The Bertz CT molecular complexity index is 473. The molecule has 0 fully saturated rings. The van der Waals surface area contributed by atoms with Crippen LogP contribution >= 0.6 is 11.6 Å². The average molecular weight is 243 g/mol. The molecule has 0 saturated heterocycles. The molecule has 6 nitrogen and oxygen atoms in total. The lowest BCUT2D eigenvalue weighted by Gasteiger charge is -2.03. The Kier molecular flexibility index (Phi) is 3.57. The van der Waals surface area contributed by atoms with Gasteiger partial charge in [0, 0.05) is 13.0 Å². The van der Waals surface area contributed by atoms with E-state index in [-0.39, 0.29) is 16.3 Å². The van der Waals surface area contributed by atoms with Crippen LogP contribution in [0.2, 0.25) is 5.02 Å². The van der Waals surface area contributed by atoms with Crippen LogP contribution in [0, 0.1) is 10.1 Å². The number of nitro benzene ring substituents is 1. The van der Waals surface area contributed by atoms with Crippen molar-refractivity contribution in [2.24, 2.45) is 0 Å². The number of nitro groups is 1. The van der Waals surface area contributed by atoms with Crippen molar-refractivity contribution in [3.8, 4) is 0 Å². The van der Waals surface area contributed by atoms with Gasteiger partial charge >= 0.3 is 0 Å². The van der Waals surface area contributed by atoms with E-state index < -0.39 is 16.7 Å². The van der Waals surface area contributed by atoms with E-state index in [0.29, 0.717) is 0 Å². The number of hydrogen-bond donors (Lipinski definition) is 1.